The van der Waals surface area contributed by atoms with Gasteiger partial charge >= 0.3 is 6.18 Å². The molecular formula is C22H23F3N6O. The summed E-state index contributed by atoms with van der Waals surface area (Å²) < 4.78 is 41.0. The molecule has 2 aliphatic rings. The Morgan fingerprint density at radius 3 is 2.59 bits per heavy atom. The molecule has 1 amide bonds. The van der Waals surface area contributed by atoms with Gasteiger partial charge in [0, 0.05) is 30.2 Å². The minimum atomic E-state index is -4.82. The van der Waals surface area contributed by atoms with Crippen LogP contribution < -0.4 is 10.6 Å². The molecule has 3 N–H and O–H groups in total. The van der Waals surface area contributed by atoms with Crippen LogP contribution in [0, 0.1) is 11.3 Å². The van der Waals surface area contributed by atoms with Crippen molar-refractivity contribution in [3.63, 3.8) is 0 Å². The highest BCUT2D eigenvalue weighted by Gasteiger charge is 2.38. The lowest BCUT2D eigenvalue weighted by atomic mass is 9.89. The van der Waals surface area contributed by atoms with Crippen molar-refractivity contribution in [2.45, 2.75) is 38.3 Å². The number of nitrogens with zero attached hydrogens (tertiary/aromatic N) is 3. The van der Waals surface area contributed by atoms with Crippen molar-refractivity contribution in [1.82, 2.24) is 15.3 Å². The molecule has 1 aromatic heterocycles. The highest BCUT2D eigenvalue weighted by atomic mass is 19.4. The van der Waals surface area contributed by atoms with Gasteiger partial charge in [-0.3, -0.25) is 9.79 Å². The van der Waals surface area contributed by atoms with Gasteiger partial charge in [-0.2, -0.15) is 13.2 Å². The van der Waals surface area contributed by atoms with Crippen LogP contribution in [-0.2, 0) is 6.18 Å². The number of carbonyl (C=O) groups excluding carboxylic acids is 1. The molecule has 7 nitrogen and oxygen atoms in total. The van der Waals surface area contributed by atoms with E-state index in [-0.39, 0.29) is 11.9 Å². The molecule has 2 aromatic rings. The maximum atomic E-state index is 13.7. The van der Waals surface area contributed by atoms with Crippen LogP contribution in [0.5, 0.6) is 0 Å². The van der Waals surface area contributed by atoms with E-state index in [0.717, 1.165) is 55.8 Å². The van der Waals surface area contributed by atoms with E-state index >= 15 is 0 Å². The van der Waals surface area contributed by atoms with Crippen LogP contribution in [0.4, 0.5) is 24.8 Å². The third kappa shape index (κ3) is 5.30. The minimum Gasteiger partial charge on any atom is -0.352 e. The minimum absolute atomic E-state index is 0.285. The number of benzene rings is 1. The monoisotopic (exact) mass is 444 g/mol. The first-order valence-corrected chi connectivity index (χ1v) is 10.5. The number of hydrogen-bond donors (Lipinski definition) is 3. The van der Waals surface area contributed by atoms with Gasteiger partial charge in [0.25, 0.3) is 5.91 Å². The lowest BCUT2D eigenvalue weighted by molar-refractivity contribution is -0.141. The predicted molar refractivity (Wildman–Crippen MR) is 115 cm³/mol. The topological polar surface area (TPSA) is 103 Å². The Morgan fingerprint density at radius 1 is 1.19 bits per heavy atom. The van der Waals surface area contributed by atoms with Crippen LogP contribution in [0.2, 0.25) is 0 Å². The highest BCUT2D eigenvalue weighted by molar-refractivity contribution is 6.11. The number of amides is 1. The van der Waals surface area contributed by atoms with Gasteiger partial charge in [-0.25, -0.2) is 9.97 Å². The summed E-state index contributed by atoms with van der Waals surface area (Å²) in [5.41, 5.74) is 0.751. The lowest BCUT2D eigenvalue weighted by Gasteiger charge is -2.22. The zero-order valence-electron chi connectivity index (χ0n) is 17.3. The normalized spacial score (nSPS) is 16.3. The average molecular weight is 444 g/mol. The van der Waals surface area contributed by atoms with E-state index in [9.17, 15) is 18.0 Å². The summed E-state index contributed by atoms with van der Waals surface area (Å²) in [6.45, 7) is 0.944. The van der Waals surface area contributed by atoms with Crippen LogP contribution in [-0.4, -0.2) is 40.9 Å². The summed E-state index contributed by atoms with van der Waals surface area (Å²) in [4.78, 5) is 24.1. The van der Waals surface area contributed by atoms with Gasteiger partial charge in [0.05, 0.1) is 17.8 Å². The maximum Gasteiger partial charge on any atom is 0.434 e. The SMILES string of the molecule is N=Cc1cc(Nc2ncc(C(=O)NCC3CCCCC3)c(C(F)(F)F)n2)cc(C2=NC2)c1. The molecule has 1 aliphatic carbocycles. The molecule has 32 heavy (non-hydrogen) atoms. The molecule has 1 aliphatic heterocycles. The summed E-state index contributed by atoms with van der Waals surface area (Å²) in [5, 5.41) is 12.8. The van der Waals surface area contributed by atoms with Gasteiger partial charge < -0.3 is 16.0 Å². The molecule has 168 valence electrons. The lowest BCUT2D eigenvalue weighted by Crippen LogP contribution is -2.32. The van der Waals surface area contributed by atoms with Crippen molar-refractivity contribution < 1.29 is 18.0 Å². The molecule has 0 saturated heterocycles. The first-order chi connectivity index (χ1) is 15.3. The largest absolute Gasteiger partial charge is 0.434 e. The molecule has 1 saturated carbocycles. The van der Waals surface area contributed by atoms with Gasteiger partial charge in [-0.1, -0.05) is 19.3 Å². The van der Waals surface area contributed by atoms with Crippen LogP contribution >= 0.6 is 0 Å². The Bertz CT molecular complexity index is 1060. The summed E-state index contributed by atoms with van der Waals surface area (Å²) in [7, 11) is 0. The second kappa shape index (κ2) is 9.05. The maximum absolute atomic E-state index is 13.7. The third-order valence-corrected chi connectivity index (χ3v) is 5.61. The smallest absolute Gasteiger partial charge is 0.352 e. The summed E-state index contributed by atoms with van der Waals surface area (Å²) in [6.07, 6.45) is 2.47. The number of alkyl halides is 3. The number of hydrogen-bond acceptors (Lipinski definition) is 6. The van der Waals surface area contributed by atoms with Gasteiger partial charge in [0.1, 0.15) is 0 Å². The van der Waals surface area contributed by atoms with E-state index in [2.05, 4.69) is 25.6 Å². The van der Waals surface area contributed by atoms with Crippen molar-refractivity contribution in [1.29, 1.82) is 5.41 Å². The Balaban J connectivity index is 1.54. The van der Waals surface area contributed by atoms with Crippen molar-refractivity contribution in [3.05, 3.63) is 46.8 Å². The van der Waals surface area contributed by atoms with E-state index < -0.39 is 23.3 Å². The average Bonchev–Trinajstić information content (AvgIpc) is 3.63. The van der Waals surface area contributed by atoms with Crippen LogP contribution in [0.3, 0.4) is 0 Å². The molecule has 4 rings (SSSR count). The fourth-order valence-corrected chi connectivity index (χ4v) is 3.87. The van der Waals surface area contributed by atoms with Crippen molar-refractivity contribution in [2.75, 3.05) is 18.4 Å². The van der Waals surface area contributed by atoms with Gasteiger partial charge in [-0.15, -0.1) is 0 Å². The first-order valence-electron chi connectivity index (χ1n) is 10.5. The van der Waals surface area contributed by atoms with Crippen LogP contribution in [0.25, 0.3) is 0 Å². The number of carbonyl (C=O) groups is 1. The molecular weight excluding hydrogens is 421 g/mol. The fraction of sp³-hybridized carbons (Fsp3) is 0.409. The molecule has 0 bridgehead atoms. The Kier molecular flexibility index (Phi) is 6.20. The van der Waals surface area contributed by atoms with E-state index in [0.29, 0.717) is 24.3 Å². The highest BCUT2D eigenvalue weighted by Crippen LogP contribution is 2.32. The van der Waals surface area contributed by atoms with E-state index in [1.54, 1.807) is 18.2 Å². The van der Waals surface area contributed by atoms with Crippen molar-refractivity contribution in [3.8, 4) is 0 Å². The Morgan fingerprint density at radius 2 is 1.94 bits per heavy atom. The molecule has 0 atom stereocenters. The Hall–Kier alpha value is -3.30. The molecule has 1 aromatic carbocycles. The van der Waals surface area contributed by atoms with E-state index in [1.165, 1.54) is 0 Å². The van der Waals surface area contributed by atoms with E-state index in [4.69, 9.17) is 5.41 Å². The predicted octanol–water partition coefficient (Wildman–Crippen LogP) is 4.35. The zero-order chi connectivity index (χ0) is 22.7. The number of aliphatic imine (C=N–C) groups is 1. The summed E-state index contributed by atoms with van der Waals surface area (Å²) in [5.74, 6) is -0.823. The molecule has 0 unspecified atom stereocenters. The van der Waals surface area contributed by atoms with Crippen molar-refractivity contribution >= 4 is 29.5 Å². The third-order valence-electron chi connectivity index (χ3n) is 5.61. The first kappa shape index (κ1) is 21.9. The quantitative estimate of drug-likeness (QED) is 0.553. The summed E-state index contributed by atoms with van der Waals surface area (Å²) in [6, 6.07) is 5.08. The number of rotatable bonds is 7. The Labute approximate surface area is 183 Å². The van der Waals surface area contributed by atoms with Crippen LogP contribution in [0.15, 0.2) is 29.4 Å². The van der Waals surface area contributed by atoms with Crippen molar-refractivity contribution in [2.24, 2.45) is 10.9 Å². The van der Waals surface area contributed by atoms with E-state index in [1.807, 2.05) is 0 Å². The molecule has 0 radical (unpaired) electrons. The van der Waals surface area contributed by atoms with Gasteiger partial charge in [0.15, 0.2) is 5.69 Å². The molecule has 0 spiro atoms. The standard InChI is InChI=1S/C22H23F3N6O/c23-22(24,25)19-17(20(32)28-10-13-4-2-1-3-5-13)11-29-21(31-19)30-16-7-14(9-26)6-15(8-16)18-12-27-18/h6-9,11,13,26H,1-5,10,12H2,(H,28,32)(H,29,30,31). The second-order valence-electron chi connectivity index (χ2n) is 8.04. The van der Waals surface area contributed by atoms with Gasteiger partial charge in [-0.05, 0) is 42.5 Å². The molecule has 1 fully saturated rings. The number of anilines is 2. The molecule has 2 heterocycles. The fourth-order valence-electron chi connectivity index (χ4n) is 3.87. The number of halogens is 3. The summed E-state index contributed by atoms with van der Waals surface area (Å²) >= 11 is 0. The van der Waals surface area contributed by atoms with Crippen LogP contribution in [0.1, 0.15) is 59.3 Å². The molecule has 10 heteroatoms. The second-order valence-corrected chi connectivity index (χ2v) is 8.04. The zero-order valence-corrected chi connectivity index (χ0v) is 17.3. The number of nitrogens with one attached hydrogen (secondary N) is 3. The van der Waals surface area contributed by atoms with Gasteiger partial charge in [0.2, 0.25) is 5.95 Å². The number of aromatic nitrogens is 2.